The van der Waals surface area contributed by atoms with E-state index in [1.165, 1.54) is 5.56 Å². The SMILES string of the molecule is CCCc1cc(C(C)C)c(=O)n(C)c1. The van der Waals surface area contributed by atoms with Crippen LogP contribution in [0.5, 0.6) is 0 Å². The summed E-state index contributed by atoms with van der Waals surface area (Å²) in [6.07, 6.45) is 4.11. The summed E-state index contributed by atoms with van der Waals surface area (Å²) in [4.78, 5) is 11.7. The Morgan fingerprint density at radius 1 is 1.43 bits per heavy atom. The molecular formula is C12H19NO. The van der Waals surface area contributed by atoms with E-state index in [2.05, 4.69) is 26.8 Å². The molecule has 0 fully saturated rings. The van der Waals surface area contributed by atoms with Crippen LogP contribution in [-0.4, -0.2) is 4.57 Å². The van der Waals surface area contributed by atoms with E-state index in [-0.39, 0.29) is 5.56 Å². The zero-order valence-electron chi connectivity index (χ0n) is 9.50. The van der Waals surface area contributed by atoms with E-state index in [0.29, 0.717) is 5.92 Å². The van der Waals surface area contributed by atoms with Gasteiger partial charge in [-0.3, -0.25) is 4.79 Å². The summed E-state index contributed by atoms with van der Waals surface area (Å²) >= 11 is 0. The topological polar surface area (TPSA) is 22.0 Å². The van der Waals surface area contributed by atoms with Gasteiger partial charge in [-0.1, -0.05) is 27.2 Å². The predicted octanol–water partition coefficient (Wildman–Crippen LogP) is 2.46. The Morgan fingerprint density at radius 2 is 2.07 bits per heavy atom. The van der Waals surface area contributed by atoms with Gasteiger partial charge in [-0.2, -0.15) is 0 Å². The molecular weight excluding hydrogens is 174 g/mol. The molecule has 0 aliphatic rings. The van der Waals surface area contributed by atoms with Crippen LogP contribution in [0, 0.1) is 0 Å². The van der Waals surface area contributed by atoms with Crippen LogP contribution in [0.1, 0.15) is 44.2 Å². The molecule has 0 atom stereocenters. The van der Waals surface area contributed by atoms with Crippen LogP contribution in [0.15, 0.2) is 17.1 Å². The average Bonchev–Trinajstić information content (AvgIpc) is 2.11. The lowest BCUT2D eigenvalue weighted by Crippen LogP contribution is -2.22. The first kappa shape index (κ1) is 11.0. The summed E-state index contributed by atoms with van der Waals surface area (Å²) in [7, 11) is 1.83. The first-order valence-electron chi connectivity index (χ1n) is 5.25. The number of aryl methyl sites for hydroxylation is 2. The number of nitrogens with zero attached hydrogens (tertiary/aromatic N) is 1. The smallest absolute Gasteiger partial charge is 0.253 e. The van der Waals surface area contributed by atoms with Gasteiger partial charge in [0, 0.05) is 18.8 Å². The summed E-state index contributed by atoms with van der Waals surface area (Å²) < 4.78 is 1.69. The lowest BCUT2D eigenvalue weighted by molar-refractivity contribution is 0.761. The molecule has 1 rings (SSSR count). The maximum Gasteiger partial charge on any atom is 0.253 e. The minimum Gasteiger partial charge on any atom is -0.318 e. The Bertz CT molecular complexity index is 363. The average molecular weight is 193 g/mol. The van der Waals surface area contributed by atoms with Crippen molar-refractivity contribution in [2.75, 3.05) is 0 Å². The molecule has 0 spiro atoms. The number of hydrogen-bond donors (Lipinski definition) is 0. The van der Waals surface area contributed by atoms with Gasteiger partial charge >= 0.3 is 0 Å². The van der Waals surface area contributed by atoms with E-state index < -0.39 is 0 Å². The van der Waals surface area contributed by atoms with Crippen LogP contribution in [0.4, 0.5) is 0 Å². The molecule has 0 unspecified atom stereocenters. The molecule has 78 valence electrons. The third-order valence-corrected chi connectivity index (χ3v) is 2.43. The van der Waals surface area contributed by atoms with Gasteiger partial charge in [0.05, 0.1) is 0 Å². The van der Waals surface area contributed by atoms with Gasteiger partial charge in [0.2, 0.25) is 0 Å². The van der Waals surface area contributed by atoms with E-state index in [9.17, 15) is 4.79 Å². The summed E-state index contributed by atoms with van der Waals surface area (Å²) in [6, 6.07) is 2.05. The van der Waals surface area contributed by atoms with Crippen LogP contribution in [0.2, 0.25) is 0 Å². The molecule has 2 nitrogen and oxygen atoms in total. The lowest BCUT2D eigenvalue weighted by atomic mass is 10.0. The van der Waals surface area contributed by atoms with Crippen LogP contribution < -0.4 is 5.56 Å². The molecule has 0 saturated heterocycles. The van der Waals surface area contributed by atoms with Gasteiger partial charge in [0.1, 0.15) is 0 Å². The van der Waals surface area contributed by atoms with E-state index in [1.54, 1.807) is 4.57 Å². The molecule has 0 bridgehead atoms. The Kier molecular flexibility index (Phi) is 3.50. The third-order valence-electron chi connectivity index (χ3n) is 2.43. The maximum absolute atomic E-state index is 11.7. The number of pyridine rings is 1. The van der Waals surface area contributed by atoms with E-state index in [1.807, 2.05) is 13.2 Å². The van der Waals surface area contributed by atoms with Crippen molar-refractivity contribution < 1.29 is 0 Å². The van der Waals surface area contributed by atoms with Crippen LogP contribution >= 0.6 is 0 Å². The maximum atomic E-state index is 11.7. The number of rotatable bonds is 3. The summed E-state index contributed by atoms with van der Waals surface area (Å²) in [5.74, 6) is 0.311. The molecule has 0 radical (unpaired) electrons. The van der Waals surface area contributed by atoms with Crippen molar-refractivity contribution in [2.45, 2.75) is 39.5 Å². The Hall–Kier alpha value is -1.05. The van der Waals surface area contributed by atoms with Crippen molar-refractivity contribution >= 4 is 0 Å². The second kappa shape index (κ2) is 4.45. The zero-order chi connectivity index (χ0) is 10.7. The summed E-state index contributed by atoms with van der Waals surface area (Å²) in [5, 5.41) is 0. The predicted molar refractivity (Wildman–Crippen MR) is 59.8 cm³/mol. The highest BCUT2D eigenvalue weighted by Gasteiger charge is 2.07. The first-order valence-corrected chi connectivity index (χ1v) is 5.25. The Balaban J connectivity index is 3.21. The molecule has 2 heteroatoms. The molecule has 14 heavy (non-hydrogen) atoms. The molecule has 0 aromatic carbocycles. The standard InChI is InChI=1S/C12H19NO/c1-5-6-10-7-11(9(2)3)12(14)13(4)8-10/h7-9H,5-6H2,1-4H3. The van der Waals surface area contributed by atoms with E-state index >= 15 is 0 Å². The monoisotopic (exact) mass is 193 g/mol. The minimum atomic E-state index is 0.139. The second-order valence-corrected chi connectivity index (χ2v) is 4.12. The van der Waals surface area contributed by atoms with Gasteiger partial charge in [0.25, 0.3) is 5.56 Å². The van der Waals surface area contributed by atoms with Crippen molar-refractivity contribution in [3.05, 3.63) is 33.7 Å². The highest BCUT2D eigenvalue weighted by molar-refractivity contribution is 5.22. The molecule has 0 amide bonds. The van der Waals surface area contributed by atoms with Crippen LogP contribution in [0.3, 0.4) is 0 Å². The molecule has 1 aromatic heterocycles. The van der Waals surface area contributed by atoms with Crippen molar-refractivity contribution in [3.63, 3.8) is 0 Å². The Labute approximate surface area is 85.6 Å². The lowest BCUT2D eigenvalue weighted by Gasteiger charge is -2.09. The van der Waals surface area contributed by atoms with Gasteiger partial charge < -0.3 is 4.57 Å². The van der Waals surface area contributed by atoms with Crippen molar-refractivity contribution in [1.29, 1.82) is 0 Å². The molecule has 1 heterocycles. The van der Waals surface area contributed by atoms with E-state index in [0.717, 1.165) is 18.4 Å². The van der Waals surface area contributed by atoms with Crippen molar-refractivity contribution in [1.82, 2.24) is 4.57 Å². The fourth-order valence-corrected chi connectivity index (χ4v) is 1.65. The van der Waals surface area contributed by atoms with Gasteiger partial charge in [0.15, 0.2) is 0 Å². The number of hydrogen-bond acceptors (Lipinski definition) is 1. The third kappa shape index (κ3) is 2.25. The van der Waals surface area contributed by atoms with Gasteiger partial charge in [-0.05, 0) is 24.0 Å². The second-order valence-electron chi connectivity index (χ2n) is 4.12. The quantitative estimate of drug-likeness (QED) is 0.722. The Morgan fingerprint density at radius 3 is 2.57 bits per heavy atom. The van der Waals surface area contributed by atoms with Crippen molar-refractivity contribution in [2.24, 2.45) is 7.05 Å². The number of aromatic nitrogens is 1. The molecule has 0 N–H and O–H groups in total. The van der Waals surface area contributed by atoms with Crippen LogP contribution in [-0.2, 0) is 13.5 Å². The molecule has 0 saturated carbocycles. The molecule has 1 aromatic rings. The zero-order valence-corrected chi connectivity index (χ0v) is 9.50. The highest BCUT2D eigenvalue weighted by atomic mass is 16.1. The fourth-order valence-electron chi connectivity index (χ4n) is 1.65. The minimum absolute atomic E-state index is 0.139. The largest absolute Gasteiger partial charge is 0.318 e. The molecule has 0 aliphatic carbocycles. The fraction of sp³-hybridized carbons (Fsp3) is 0.583. The normalized spacial score (nSPS) is 10.9. The highest BCUT2D eigenvalue weighted by Crippen LogP contribution is 2.12. The summed E-state index contributed by atoms with van der Waals surface area (Å²) in [6.45, 7) is 6.28. The molecule has 0 aliphatic heterocycles. The first-order chi connectivity index (χ1) is 6.56. The van der Waals surface area contributed by atoms with E-state index in [4.69, 9.17) is 0 Å². The summed E-state index contributed by atoms with van der Waals surface area (Å²) in [5.41, 5.74) is 2.33. The van der Waals surface area contributed by atoms with Gasteiger partial charge in [-0.15, -0.1) is 0 Å². The van der Waals surface area contributed by atoms with Crippen LogP contribution in [0.25, 0.3) is 0 Å². The van der Waals surface area contributed by atoms with Gasteiger partial charge in [-0.25, -0.2) is 0 Å². The van der Waals surface area contributed by atoms with Crippen molar-refractivity contribution in [3.8, 4) is 0 Å².